The molecule has 1 aromatic heterocycles. The zero-order chi connectivity index (χ0) is 23.1. The number of allylic oxidation sites excluding steroid dienone is 1. The number of aliphatic hydroxyl groups is 1. The number of hydrogen-bond donors (Lipinski definition) is 2. The molecule has 0 aliphatic carbocycles. The molecule has 0 bridgehead atoms. The number of fused-ring (bicyclic) bond motifs is 1. The highest BCUT2D eigenvalue weighted by Gasteiger charge is 2.24. The number of para-hydroxylation sites is 2. The highest BCUT2D eigenvalue weighted by atomic mass is 32.2. The predicted molar refractivity (Wildman–Crippen MR) is 126 cm³/mol. The van der Waals surface area contributed by atoms with E-state index in [-0.39, 0.29) is 22.1 Å². The number of nitrogens with zero attached hydrogens (tertiary/aromatic N) is 3. The monoisotopic (exact) mass is 452 g/mol. The van der Waals surface area contributed by atoms with E-state index < -0.39 is 10.0 Å². The largest absolute Gasteiger partial charge is 0.506 e. The first kappa shape index (κ1) is 23.5. The number of unbranched alkanes of at least 4 members (excludes halogenated alkanes) is 2. The Hall–Kier alpha value is -3.15. The van der Waals surface area contributed by atoms with Gasteiger partial charge in [0.1, 0.15) is 17.4 Å². The van der Waals surface area contributed by atoms with Gasteiger partial charge in [0.05, 0.1) is 15.9 Å². The molecule has 7 nitrogen and oxygen atoms in total. The van der Waals surface area contributed by atoms with E-state index in [2.05, 4.69) is 9.97 Å². The fourth-order valence-electron chi connectivity index (χ4n) is 3.39. The number of aliphatic hydroxyl groups excluding tert-OH is 1. The second-order valence-corrected chi connectivity index (χ2v) is 9.51. The van der Waals surface area contributed by atoms with Gasteiger partial charge in [0, 0.05) is 18.7 Å². The van der Waals surface area contributed by atoms with Gasteiger partial charge in [0.2, 0.25) is 10.0 Å². The topological polar surface area (TPSA) is 110 Å². The van der Waals surface area contributed by atoms with E-state index in [9.17, 15) is 18.8 Å². The number of aromatic nitrogens is 2. The Kier molecular flexibility index (Phi) is 7.67. The number of sulfonamides is 1. The van der Waals surface area contributed by atoms with Gasteiger partial charge in [-0.05, 0) is 49.2 Å². The molecule has 0 amide bonds. The molecule has 0 atom stereocenters. The minimum Gasteiger partial charge on any atom is -0.506 e. The summed E-state index contributed by atoms with van der Waals surface area (Å²) in [6.45, 7) is 5.03. The lowest BCUT2D eigenvalue weighted by Crippen LogP contribution is -2.33. The Bertz CT molecular complexity index is 1200. The molecule has 32 heavy (non-hydrogen) atoms. The van der Waals surface area contributed by atoms with Crippen molar-refractivity contribution in [2.24, 2.45) is 0 Å². The minimum atomic E-state index is -3.63. The van der Waals surface area contributed by atoms with Crippen LogP contribution in [-0.4, -0.2) is 40.9 Å². The lowest BCUT2D eigenvalue weighted by Gasteiger charge is -2.22. The Balaban J connectivity index is 1.92. The molecule has 2 N–H and O–H groups in total. The Morgan fingerprint density at radius 2 is 1.69 bits per heavy atom. The van der Waals surface area contributed by atoms with Crippen molar-refractivity contribution in [1.82, 2.24) is 14.3 Å². The van der Waals surface area contributed by atoms with Crippen LogP contribution < -0.4 is 0 Å². The van der Waals surface area contributed by atoms with Gasteiger partial charge in [-0.15, -0.1) is 0 Å². The molecule has 0 spiro atoms. The van der Waals surface area contributed by atoms with Crippen molar-refractivity contribution < 1.29 is 13.5 Å². The zero-order valence-electron chi connectivity index (χ0n) is 18.4. The molecule has 3 aromatic rings. The average molecular weight is 453 g/mol. The number of imidazole rings is 1. The minimum absolute atomic E-state index is 0.00988. The van der Waals surface area contributed by atoms with Crippen LogP contribution in [0, 0.1) is 11.3 Å². The fraction of sp³-hybridized carbons (Fsp3) is 0.333. The Morgan fingerprint density at radius 1 is 1.06 bits per heavy atom. The summed E-state index contributed by atoms with van der Waals surface area (Å²) < 4.78 is 27.8. The van der Waals surface area contributed by atoms with E-state index in [1.165, 1.54) is 28.6 Å². The third-order valence-electron chi connectivity index (χ3n) is 5.26. The summed E-state index contributed by atoms with van der Waals surface area (Å²) >= 11 is 0. The van der Waals surface area contributed by atoms with Crippen molar-refractivity contribution in [2.75, 3.05) is 13.1 Å². The quantitative estimate of drug-likeness (QED) is 0.328. The molecule has 0 saturated heterocycles. The van der Waals surface area contributed by atoms with Crippen LogP contribution in [0.3, 0.4) is 0 Å². The molecule has 168 valence electrons. The van der Waals surface area contributed by atoms with Crippen molar-refractivity contribution in [3.8, 4) is 6.07 Å². The normalized spacial score (nSPS) is 12.7. The Labute approximate surface area is 189 Å². The fourth-order valence-corrected chi connectivity index (χ4v) is 4.91. The second kappa shape index (κ2) is 10.4. The number of hydrogen-bond acceptors (Lipinski definition) is 5. The molecule has 0 aliphatic heterocycles. The van der Waals surface area contributed by atoms with E-state index in [0.717, 1.165) is 31.2 Å². The van der Waals surface area contributed by atoms with Gasteiger partial charge >= 0.3 is 0 Å². The van der Waals surface area contributed by atoms with E-state index in [1.54, 1.807) is 0 Å². The van der Waals surface area contributed by atoms with E-state index >= 15 is 0 Å². The zero-order valence-corrected chi connectivity index (χ0v) is 19.2. The van der Waals surface area contributed by atoms with E-state index in [0.29, 0.717) is 24.2 Å². The molecule has 0 radical (unpaired) electrons. The average Bonchev–Trinajstić information content (AvgIpc) is 3.23. The number of aromatic amines is 1. The maximum absolute atomic E-state index is 13.1. The van der Waals surface area contributed by atoms with Crippen LogP contribution in [0.1, 0.15) is 50.9 Å². The summed E-state index contributed by atoms with van der Waals surface area (Å²) in [4.78, 5) is 7.57. The van der Waals surface area contributed by atoms with Crippen molar-refractivity contribution in [3.63, 3.8) is 0 Å². The first-order chi connectivity index (χ1) is 15.4. The predicted octanol–water partition coefficient (Wildman–Crippen LogP) is 5.10. The van der Waals surface area contributed by atoms with Crippen molar-refractivity contribution in [1.29, 1.82) is 5.26 Å². The smallest absolute Gasteiger partial charge is 0.243 e. The summed E-state index contributed by atoms with van der Waals surface area (Å²) in [6, 6.07) is 15.3. The standard InChI is InChI=1S/C24H28N4O3S/c1-3-5-15-28(16-6-4-2)32(30,31)19-13-11-18(12-14-19)23(29)20(17-25)24-26-21-9-7-8-10-22(21)27-24/h7-14,29H,3-6,15-16H2,1-2H3,(H,26,27)/b23-20+. The second-order valence-electron chi connectivity index (χ2n) is 7.57. The van der Waals surface area contributed by atoms with Gasteiger partial charge in [0.25, 0.3) is 0 Å². The maximum Gasteiger partial charge on any atom is 0.243 e. The number of nitriles is 1. The van der Waals surface area contributed by atoms with Gasteiger partial charge in [-0.3, -0.25) is 0 Å². The van der Waals surface area contributed by atoms with Crippen LogP contribution >= 0.6 is 0 Å². The van der Waals surface area contributed by atoms with Crippen LogP contribution in [0.2, 0.25) is 0 Å². The summed E-state index contributed by atoms with van der Waals surface area (Å²) in [6.07, 6.45) is 3.42. The molecular formula is C24H28N4O3S. The summed E-state index contributed by atoms with van der Waals surface area (Å²) in [5.74, 6) is -0.00229. The summed E-state index contributed by atoms with van der Waals surface area (Å²) in [5, 5.41) is 20.4. The lowest BCUT2D eigenvalue weighted by atomic mass is 10.1. The van der Waals surface area contributed by atoms with E-state index in [4.69, 9.17) is 0 Å². The lowest BCUT2D eigenvalue weighted by molar-refractivity contribution is 0.395. The van der Waals surface area contributed by atoms with Crippen LogP contribution in [0.4, 0.5) is 0 Å². The number of benzene rings is 2. The summed E-state index contributed by atoms with van der Waals surface area (Å²) in [7, 11) is -3.63. The molecule has 0 fully saturated rings. The molecule has 0 aliphatic rings. The van der Waals surface area contributed by atoms with E-state index in [1.807, 2.05) is 44.2 Å². The molecule has 0 unspecified atom stereocenters. The molecule has 0 saturated carbocycles. The van der Waals surface area contributed by atoms with Gasteiger partial charge in [-0.25, -0.2) is 13.4 Å². The van der Waals surface area contributed by atoms with Crippen LogP contribution in [0.5, 0.6) is 0 Å². The van der Waals surface area contributed by atoms with Gasteiger partial charge in [0.15, 0.2) is 5.82 Å². The molecule has 8 heteroatoms. The number of H-pyrrole nitrogens is 1. The molecular weight excluding hydrogens is 424 g/mol. The highest BCUT2D eigenvalue weighted by molar-refractivity contribution is 7.89. The number of rotatable bonds is 10. The van der Waals surface area contributed by atoms with Gasteiger partial charge in [-0.2, -0.15) is 9.57 Å². The van der Waals surface area contributed by atoms with Crippen molar-refractivity contribution in [2.45, 2.75) is 44.4 Å². The van der Waals surface area contributed by atoms with Crippen LogP contribution in [-0.2, 0) is 10.0 Å². The van der Waals surface area contributed by atoms with Crippen molar-refractivity contribution >= 4 is 32.4 Å². The summed E-state index contributed by atoms with van der Waals surface area (Å²) in [5.41, 5.74) is 1.77. The van der Waals surface area contributed by atoms with Crippen LogP contribution in [0.25, 0.3) is 22.4 Å². The van der Waals surface area contributed by atoms with Gasteiger partial charge in [-0.1, -0.05) is 38.8 Å². The third-order valence-corrected chi connectivity index (χ3v) is 7.18. The first-order valence-electron chi connectivity index (χ1n) is 10.8. The molecule has 1 heterocycles. The number of nitrogens with one attached hydrogen (secondary N) is 1. The van der Waals surface area contributed by atoms with Gasteiger partial charge < -0.3 is 10.1 Å². The van der Waals surface area contributed by atoms with Crippen LogP contribution in [0.15, 0.2) is 53.4 Å². The third kappa shape index (κ3) is 5.01. The molecule has 2 aromatic carbocycles. The van der Waals surface area contributed by atoms with Crippen molar-refractivity contribution in [3.05, 3.63) is 59.9 Å². The first-order valence-corrected chi connectivity index (χ1v) is 12.2. The highest BCUT2D eigenvalue weighted by Crippen LogP contribution is 2.26. The Morgan fingerprint density at radius 3 is 2.25 bits per heavy atom. The SMILES string of the molecule is CCCCN(CCCC)S(=O)(=O)c1ccc(/C(O)=C(/C#N)c2nc3ccccc3[nH]2)cc1. The molecule has 3 rings (SSSR count). The maximum atomic E-state index is 13.1.